The molecule has 29 heavy (non-hydrogen) atoms. The van der Waals surface area contributed by atoms with Crippen LogP contribution in [0.4, 0.5) is 0 Å². The molecule has 2 aliphatic heterocycles. The van der Waals surface area contributed by atoms with Crippen molar-refractivity contribution in [3.05, 3.63) is 41.7 Å². The monoisotopic (exact) mass is 418 g/mol. The topological polar surface area (TPSA) is 98.5 Å². The van der Waals surface area contributed by atoms with Crippen molar-refractivity contribution >= 4 is 15.7 Å². The molecular weight excluding hydrogens is 392 g/mol. The molecule has 2 aromatic rings. The van der Waals surface area contributed by atoms with Crippen LogP contribution >= 0.6 is 0 Å². The molecule has 0 saturated carbocycles. The van der Waals surface area contributed by atoms with Crippen LogP contribution in [0.2, 0.25) is 0 Å². The Bertz CT molecular complexity index is 992. The van der Waals surface area contributed by atoms with Crippen LogP contribution in [0.3, 0.4) is 0 Å². The fourth-order valence-corrected chi connectivity index (χ4v) is 5.88. The van der Waals surface area contributed by atoms with E-state index in [1.54, 1.807) is 0 Å². The average molecular weight is 419 g/mol. The Morgan fingerprint density at radius 3 is 2.72 bits per heavy atom. The lowest BCUT2D eigenvalue weighted by Crippen LogP contribution is -2.49. The van der Waals surface area contributed by atoms with E-state index in [1.807, 2.05) is 37.3 Å². The molecule has 1 unspecified atom stereocenters. The molecule has 1 N–H and O–H groups in total. The number of sulfone groups is 1. The molecule has 1 aromatic carbocycles. The second-order valence-corrected chi connectivity index (χ2v) is 10.4. The van der Waals surface area contributed by atoms with E-state index < -0.39 is 15.3 Å². The number of carbonyl (C=O) groups is 1. The van der Waals surface area contributed by atoms with Crippen molar-refractivity contribution in [2.45, 2.75) is 38.6 Å². The Kier molecular flexibility index (Phi) is 5.48. The van der Waals surface area contributed by atoms with E-state index in [-0.39, 0.29) is 23.5 Å². The minimum absolute atomic E-state index is 0.0189. The van der Waals surface area contributed by atoms with Gasteiger partial charge in [-0.15, -0.1) is 0 Å². The van der Waals surface area contributed by atoms with Gasteiger partial charge in [-0.2, -0.15) is 0 Å². The van der Waals surface area contributed by atoms with E-state index in [0.29, 0.717) is 44.7 Å². The van der Waals surface area contributed by atoms with Crippen molar-refractivity contribution in [2.24, 2.45) is 5.41 Å². The number of benzene rings is 1. The van der Waals surface area contributed by atoms with Crippen LogP contribution in [-0.2, 0) is 25.8 Å². The van der Waals surface area contributed by atoms with Gasteiger partial charge < -0.3 is 14.6 Å². The van der Waals surface area contributed by atoms with Crippen LogP contribution in [0, 0.1) is 12.3 Å². The predicted molar refractivity (Wildman–Crippen MR) is 108 cm³/mol. The third-order valence-corrected chi connectivity index (χ3v) is 7.76. The van der Waals surface area contributed by atoms with E-state index in [9.17, 15) is 13.2 Å². The summed E-state index contributed by atoms with van der Waals surface area (Å²) in [4.78, 5) is 13.2. The number of hydrogen-bond donors (Lipinski definition) is 1. The lowest BCUT2D eigenvalue weighted by Gasteiger charge is -2.35. The Labute approximate surface area is 170 Å². The number of nitrogens with zero attached hydrogens (tertiary/aromatic N) is 1. The third-order valence-electron chi connectivity index (χ3n) is 5.99. The normalized spacial score (nSPS) is 23.0. The number of hydrogen-bond acceptors (Lipinski definition) is 6. The molecule has 4 rings (SSSR count). The van der Waals surface area contributed by atoms with E-state index in [4.69, 9.17) is 9.26 Å². The molecule has 3 heterocycles. The smallest absolute Gasteiger partial charge is 0.227 e. The van der Waals surface area contributed by atoms with Gasteiger partial charge >= 0.3 is 0 Å². The zero-order chi connectivity index (χ0) is 20.5. The number of amides is 1. The molecule has 156 valence electrons. The van der Waals surface area contributed by atoms with Crippen LogP contribution in [0.15, 0.2) is 34.9 Å². The van der Waals surface area contributed by atoms with Crippen molar-refractivity contribution < 1.29 is 22.5 Å². The van der Waals surface area contributed by atoms with Gasteiger partial charge in [-0.1, -0.05) is 29.4 Å². The fraction of sp³-hybridized carbons (Fsp3) is 0.524. The number of rotatable bonds is 5. The van der Waals surface area contributed by atoms with Crippen LogP contribution in [0.5, 0.6) is 0 Å². The van der Waals surface area contributed by atoms with Gasteiger partial charge in [0.15, 0.2) is 9.84 Å². The highest BCUT2D eigenvalue weighted by Crippen LogP contribution is 2.36. The lowest BCUT2D eigenvalue weighted by atomic mass is 9.75. The first kappa shape index (κ1) is 20.1. The maximum Gasteiger partial charge on any atom is 0.227 e. The molecule has 0 bridgehead atoms. The zero-order valence-corrected chi connectivity index (χ0v) is 17.3. The summed E-state index contributed by atoms with van der Waals surface area (Å²) in [6.07, 6.45) is 2.03. The van der Waals surface area contributed by atoms with E-state index in [1.165, 1.54) is 0 Å². The highest BCUT2D eigenvalue weighted by molar-refractivity contribution is 7.91. The Morgan fingerprint density at radius 2 is 2.03 bits per heavy atom. The van der Waals surface area contributed by atoms with Crippen molar-refractivity contribution in [3.8, 4) is 11.3 Å². The molecule has 1 amide bonds. The first-order valence-electron chi connectivity index (χ1n) is 9.98. The first-order chi connectivity index (χ1) is 13.9. The summed E-state index contributed by atoms with van der Waals surface area (Å²) in [5.41, 5.74) is 2.19. The largest absolute Gasteiger partial charge is 0.381 e. The van der Waals surface area contributed by atoms with Crippen LogP contribution in [-0.4, -0.2) is 50.2 Å². The molecule has 1 atom stereocenters. The van der Waals surface area contributed by atoms with Gasteiger partial charge in [0.05, 0.1) is 16.9 Å². The highest BCUT2D eigenvalue weighted by atomic mass is 32.2. The maximum absolute atomic E-state index is 13.2. The number of carbonyl (C=O) groups excluding carboxylic acids is 1. The molecular formula is C21H26N2O5S. The van der Waals surface area contributed by atoms with Crippen LogP contribution in [0.1, 0.15) is 30.6 Å². The summed E-state index contributed by atoms with van der Waals surface area (Å²) in [6, 6.07) is 9.53. The van der Waals surface area contributed by atoms with Gasteiger partial charge in [-0.05, 0) is 31.7 Å². The number of aromatic nitrogens is 1. The van der Waals surface area contributed by atoms with Gasteiger partial charge in [0.25, 0.3) is 0 Å². The van der Waals surface area contributed by atoms with Crippen LogP contribution < -0.4 is 5.32 Å². The molecule has 2 saturated heterocycles. The Hall–Kier alpha value is -2.19. The van der Waals surface area contributed by atoms with E-state index >= 15 is 0 Å². The molecule has 2 aliphatic rings. The summed E-state index contributed by atoms with van der Waals surface area (Å²) in [6.45, 7) is 3.01. The van der Waals surface area contributed by atoms with Gasteiger partial charge in [0.1, 0.15) is 11.5 Å². The number of aryl methyl sites for hydroxylation is 1. The summed E-state index contributed by atoms with van der Waals surface area (Å²) >= 11 is 0. The van der Waals surface area contributed by atoms with Crippen molar-refractivity contribution in [1.82, 2.24) is 10.5 Å². The first-order valence-corrected chi connectivity index (χ1v) is 11.8. The van der Waals surface area contributed by atoms with Crippen LogP contribution in [0.25, 0.3) is 11.3 Å². The molecule has 0 radical (unpaired) electrons. The molecule has 0 spiro atoms. The van der Waals surface area contributed by atoms with Crippen molar-refractivity contribution in [3.63, 3.8) is 0 Å². The lowest BCUT2D eigenvalue weighted by molar-refractivity contribution is -0.137. The highest BCUT2D eigenvalue weighted by Gasteiger charge is 2.43. The van der Waals surface area contributed by atoms with E-state index in [0.717, 1.165) is 16.8 Å². The molecule has 7 nitrogen and oxygen atoms in total. The van der Waals surface area contributed by atoms with E-state index in [2.05, 4.69) is 10.5 Å². The SMILES string of the molecule is Cc1ccccc1-c1cc(CC2(C(=O)NC3CCS(=O)(=O)C3)CCOCC2)on1. The summed E-state index contributed by atoms with van der Waals surface area (Å²) in [5, 5.41) is 7.19. The molecule has 8 heteroatoms. The molecule has 1 aromatic heterocycles. The zero-order valence-electron chi connectivity index (χ0n) is 16.5. The number of ether oxygens (including phenoxy) is 1. The fourth-order valence-electron chi connectivity index (χ4n) is 4.21. The third kappa shape index (κ3) is 4.38. The standard InChI is InChI=1S/C21H26N2O5S/c1-15-4-2-3-5-18(15)19-12-17(28-23-19)13-21(7-9-27-10-8-21)20(24)22-16-6-11-29(25,26)14-16/h2-5,12,16H,6-11,13-14H2,1H3,(H,22,24). The van der Waals surface area contributed by atoms with Gasteiger partial charge in [-0.3, -0.25) is 4.79 Å². The quantitative estimate of drug-likeness (QED) is 0.800. The molecule has 0 aliphatic carbocycles. The van der Waals surface area contributed by atoms with Crippen molar-refractivity contribution in [2.75, 3.05) is 24.7 Å². The van der Waals surface area contributed by atoms with Gasteiger partial charge in [0.2, 0.25) is 5.91 Å². The Balaban J connectivity index is 1.53. The second kappa shape index (κ2) is 7.91. The van der Waals surface area contributed by atoms with Gasteiger partial charge in [-0.25, -0.2) is 8.42 Å². The summed E-state index contributed by atoms with van der Waals surface area (Å²) in [7, 11) is -3.05. The van der Waals surface area contributed by atoms with Crippen molar-refractivity contribution in [1.29, 1.82) is 0 Å². The second-order valence-electron chi connectivity index (χ2n) is 8.14. The minimum atomic E-state index is -3.05. The maximum atomic E-state index is 13.2. The summed E-state index contributed by atoms with van der Waals surface area (Å²) in [5.74, 6) is 0.692. The minimum Gasteiger partial charge on any atom is -0.381 e. The average Bonchev–Trinajstić information content (AvgIpc) is 3.28. The number of nitrogens with one attached hydrogen (secondary N) is 1. The molecule has 2 fully saturated rings. The van der Waals surface area contributed by atoms with Gasteiger partial charge in [0, 0.05) is 37.3 Å². The Morgan fingerprint density at radius 1 is 1.28 bits per heavy atom. The predicted octanol–water partition coefficient (Wildman–Crippen LogP) is 2.29. The summed E-state index contributed by atoms with van der Waals surface area (Å²) < 4.78 is 34.6.